The zero-order valence-electron chi connectivity index (χ0n) is 14.8. The maximum atomic E-state index is 12.6. The second-order valence-electron chi connectivity index (χ2n) is 6.65. The SMILES string of the molecule is COc1ccccc1CC1CCN(C(=O)c2ccc(CN)cc2)CC1. The van der Waals surface area contributed by atoms with Gasteiger partial charge in [0.1, 0.15) is 5.75 Å². The number of ether oxygens (including phenoxy) is 1. The van der Waals surface area contributed by atoms with E-state index in [9.17, 15) is 4.79 Å². The molecule has 3 rings (SSSR count). The van der Waals surface area contributed by atoms with Gasteiger partial charge in [-0.25, -0.2) is 0 Å². The first kappa shape index (κ1) is 17.5. The number of carbonyl (C=O) groups excluding carboxylic acids is 1. The second-order valence-corrected chi connectivity index (χ2v) is 6.65. The number of nitrogens with zero attached hydrogens (tertiary/aromatic N) is 1. The van der Waals surface area contributed by atoms with Crippen LogP contribution in [0.3, 0.4) is 0 Å². The summed E-state index contributed by atoms with van der Waals surface area (Å²) in [5.74, 6) is 1.68. The fourth-order valence-electron chi connectivity index (χ4n) is 3.49. The molecule has 1 aliphatic rings. The third kappa shape index (κ3) is 4.20. The van der Waals surface area contributed by atoms with Crippen molar-refractivity contribution in [3.05, 3.63) is 65.2 Å². The second kappa shape index (κ2) is 8.17. The molecule has 132 valence electrons. The van der Waals surface area contributed by atoms with Crippen LogP contribution >= 0.6 is 0 Å². The van der Waals surface area contributed by atoms with Crippen molar-refractivity contribution in [3.63, 3.8) is 0 Å². The highest BCUT2D eigenvalue weighted by Crippen LogP contribution is 2.27. The van der Waals surface area contributed by atoms with Gasteiger partial charge in [-0.2, -0.15) is 0 Å². The van der Waals surface area contributed by atoms with Gasteiger partial charge in [0.15, 0.2) is 0 Å². The third-order valence-corrected chi connectivity index (χ3v) is 5.04. The van der Waals surface area contributed by atoms with Gasteiger partial charge in [-0.1, -0.05) is 30.3 Å². The van der Waals surface area contributed by atoms with Gasteiger partial charge >= 0.3 is 0 Å². The predicted octanol–water partition coefficient (Wildman–Crippen LogP) is 3.25. The van der Waals surface area contributed by atoms with Crippen molar-refractivity contribution in [2.24, 2.45) is 11.7 Å². The minimum atomic E-state index is 0.124. The van der Waals surface area contributed by atoms with Gasteiger partial charge in [-0.15, -0.1) is 0 Å². The van der Waals surface area contributed by atoms with E-state index in [0.717, 1.165) is 49.2 Å². The van der Waals surface area contributed by atoms with Gasteiger partial charge in [0.05, 0.1) is 7.11 Å². The van der Waals surface area contributed by atoms with E-state index in [-0.39, 0.29) is 5.91 Å². The molecular formula is C21H26N2O2. The average molecular weight is 338 g/mol. The van der Waals surface area contributed by atoms with Gasteiger partial charge in [-0.3, -0.25) is 4.79 Å². The molecule has 2 aromatic carbocycles. The van der Waals surface area contributed by atoms with Gasteiger partial charge in [0, 0.05) is 25.2 Å². The van der Waals surface area contributed by atoms with Crippen LogP contribution in [0.2, 0.25) is 0 Å². The summed E-state index contributed by atoms with van der Waals surface area (Å²) in [6.45, 7) is 2.14. The highest BCUT2D eigenvalue weighted by atomic mass is 16.5. The first-order valence-electron chi connectivity index (χ1n) is 8.91. The number of para-hydroxylation sites is 1. The maximum absolute atomic E-state index is 12.6. The molecule has 0 saturated carbocycles. The number of piperidine rings is 1. The molecule has 0 aromatic heterocycles. The van der Waals surface area contributed by atoms with Crippen LogP contribution in [-0.2, 0) is 13.0 Å². The fourth-order valence-corrected chi connectivity index (χ4v) is 3.49. The Labute approximate surface area is 149 Å². The van der Waals surface area contributed by atoms with Gasteiger partial charge in [0.2, 0.25) is 0 Å². The summed E-state index contributed by atoms with van der Waals surface area (Å²) in [5.41, 5.74) is 8.67. The number of carbonyl (C=O) groups is 1. The molecule has 0 spiro atoms. The third-order valence-electron chi connectivity index (χ3n) is 5.04. The summed E-state index contributed by atoms with van der Waals surface area (Å²) < 4.78 is 5.45. The minimum Gasteiger partial charge on any atom is -0.496 e. The van der Waals surface area contributed by atoms with Crippen LogP contribution in [0.1, 0.15) is 34.3 Å². The van der Waals surface area contributed by atoms with E-state index in [2.05, 4.69) is 12.1 Å². The Hall–Kier alpha value is -2.33. The zero-order chi connectivity index (χ0) is 17.6. The molecule has 1 fully saturated rings. The van der Waals surface area contributed by atoms with Crippen molar-refractivity contribution < 1.29 is 9.53 Å². The maximum Gasteiger partial charge on any atom is 0.253 e. The topological polar surface area (TPSA) is 55.6 Å². The zero-order valence-corrected chi connectivity index (χ0v) is 14.8. The number of amides is 1. The lowest BCUT2D eigenvalue weighted by molar-refractivity contribution is 0.0690. The summed E-state index contributed by atoms with van der Waals surface area (Å²) in [4.78, 5) is 14.6. The van der Waals surface area contributed by atoms with Crippen LogP contribution in [0.4, 0.5) is 0 Å². The molecule has 0 unspecified atom stereocenters. The van der Waals surface area contributed by atoms with Crippen LogP contribution in [0, 0.1) is 5.92 Å². The van der Waals surface area contributed by atoms with E-state index in [4.69, 9.17) is 10.5 Å². The van der Waals surface area contributed by atoms with Crippen LogP contribution < -0.4 is 10.5 Å². The summed E-state index contributed by atoms with van der Waals surface area (Å²) in [5, 5.41) is 0. The molecule has 0 bridgehead atoms. The first-order valence-corrected chi connectivity index (χ1v) is 8.91. The molecule has 0 atom stereocenters. The van der Waals surface area contributed by atoms with E-state index in [1.165, 1.54) is 5.56 Å². The standard InChI is InChI=1S/C21H26N2O2/c1-25-20-5-3-2-4-19(20)14-16-10-12-23(13-11-16)21(24)18-8-6-17(15-22)7-9-18/h2-9,16H,10-15,22H2,1H3. The molecule has 2 N–H and O–H groups in total. The van der Waals surface area contributed by atoms with Crippen molar-refractivity contribution in [2.45, 2.75) is 25.8 Å². The molecule has 1 aliphatic heterocycles. The predicted molar refractivity (Wildman–Crippen MR) is 99.7 cm³/mol. The Morgan fingerprint density at radius 1 is 1.12 bits per heavy atom. The average Bonchev–Trinajstić information content (AvgIpc) is 2.68. The lowest BCUT2D eigenvalue weighted by atomic mass is 9.89. The Morgan fingerprint density at radius 3 is 2.44 bits per heavy atom. The molecule has 2 aromatic rings. The molecule has 25 heavy (non-hydrogen) atoms. The van der Waals surface area contributed by atoms with E-state index in [1.807, 2.05) is 41.3 Å². The van der Waals surface area contributed by atoms with Crippen LogP contribution in [0.25, 0.3) is 0 Å². The Bertz CT molecular complexity index is 704. The Kier molecular flexibility index (Phi) is 5.71. The highest BCUT2D eigenvalue weighted by molar-refractivity contribution is 5.94. The lowest BCUT2D eigenvalue weighted by Gasteiger charge is -2.32. The van der Waals surface area contributed by atoms with Crippen molar-refractivity contribution in [1.82, 2.24) is 4.90 Å². The highest BCUT2D eigenvalue weighted by Gasteiger charge is 2.24. The minimum absolute atomic E-state index is 0.124. The van der Waals surface area contributed by atoms with Crippen molar-refractivity contribution in [3.8, 4) is 5.75 Å². The Morgan fingerprint density at radius 2 is 1.80 bits per heavy atom. The number of nitrogens with two attached hydrogens (primary N) is 1. The van der Waals surface area contributed by atoms with Crippen LogP contribution in [-0.4, -0.2) is 31.0 Å². The van der Waals surface area contributed by atoms with Gasteiger partial charge in [0.25, 0.3) is 5.91 Å². The van der Waals surface area contributed by atoms with E-state index in [0.29, 0.717) is 12.5 Å². The lowest BCUT2D eigenvalue weighted by Crippen LogP contribution is -2.38. The number of methoxy groups -OCH3 is 1. The van der Waals surface area contributed by atoms with E-state index in [1.54, 1.807) is 7.11 Å². The van der Waals surface area contributed by atoms with Crippen molar-refractivity contribution in [1.29, 1.82) is 0 Å². The van der Waals surface area contributed by atoms with Crippen LogP contribution in [0.5, 0.6) is 5.75 Å². The molecule has 4 heteroatoms. The number of hydrogen-bond acceptors (Lipinski definition) is 3. The quantitative estimate of drug-likeness (QED) is 0.910. The van der Waals surface area contributed by atoms with Gasteiger partial charge < -0.3 is 15.4 Å². The van der Waals surface area contributed by atoms with Gasteiger partial charge in [-0.05, 0) is 54.5 Å². The molecule has 1 amide bonds. The summed E-state index contributed by atoms with van der Waals surface area (Å²) in [7, 11) is 1.72. The number of rotatable bonds is 5. The smallest absolute Gasteiger partial charge is 0.253 e. The largest absolute Gasteiger partial charge is 0.496 e. The van der Waals surface area contributed by atoms with E-state index >= 15 is 0 Å². The number of benzene rings is 2. The number of hydrogen-bond donors (Lipinski definition) is 1. The molecule has 1 saturated heterocycles. The van der Waals surface area contributed by atoms with Crippen molar-refractivity contribution in [2.75, 3.05) is 20.2 Å². The molecule has 0 radical (unpaired) electrons. The number of likely N-dealkylation sites (tertiary alicyclic amines) is 1. The molecular weight excluding hydrogens is 312 g/mol. The molecule has 1 heterocycles. The molecule has 4 nitrogen and oxygen atoms in total. The van der Waals surface area contributed by atoms with Crippen LogP contribution in [0.15, 0.2) is 48.5 Å². The molecule has 0 aliphatic carbocycles. The summed E-state index contributed by atoms with van der Waals surface area (Å²) in [6, 6.07) is 15.8. The van der Waals surface area contributed by atoms with Crippen molar-refractivity contribution >= 4 is 5.91 Å². The normalized spacial score (nSPS) is 15.2. The van der Waals surface area contributed by atoms with E-state index < -0.39 is 0 Å². The first-order chi connectivity index (χ1) is 12.2. The summed E-state index contributed by atoms with van der Waals surface area (Å²) >= 11 is 0. The fraction of sp³-hybridized carbons (Fsp3) is 0.381. The Balaban J connectivity index is 1.56. The summed E-state index contributed by atoms with van der Waals surface area (Å²) in [6.07, 6.45) is 3.08. The monoisotopic (exact) mass is 338 g/mol.